The first-order chi connectivity index (χ1) is 14.5. The van der Waals surface area contributed by atoms with E-state index in [0.717, 1.165) is 36.5 Å². The van der Waals surface area contributed by atoms with E-state index in [4.69, 9.17) is 9.47 Å². The fourth-order valence-corrected chi connectivity index (χ4v) is 5.36. The maximum absolute atomic E-state index is 12.8. The SMILES string of the molecule is COC1=CC(C)C(CN2C3CCC2CC(NC(=O)c2ccc(C)c(OC)c2)C3)C=C1. The third-order valence-corrected chi connectivity index (χ3v) is 7.16. The highest BCUT2D eigenvalue weighted by molar-refractivity contribution is 5.94. The summed E-state index contributed by atoms with van der Waals surface area (Å²) in [6.07, 6.45) is 11.2. The van der Waals surface area contributed by atoms with E-state index in [-0.39, 0.29) is 11.9 Å². The van der Waals surface area contributed by atoms with Gasteiger partial charge in [0.25, 0.3) is 5.91 Å². The third-order valence-electron chi connectivity index (χ3n) is 7.16. The summed E-state index contributed by atoms with van der Waals surface area (Å²) < 4.78 is 10.8. The average Bonchev–Trinajstić information content (AvgIpc) is 2.97. The Bertz CT molecular complexity index is 833. The van der Waals surface area contributed by atoms with Crippen molar-refractivity contribution in [2.45, 2.75) is 57.7 Å². The molecule has 2 aliphatic heterocycles. The Morgan fingerprint density at radius 1 is 1.17 bits per heavy atom. The number of amides is 1. The lowest BCUT2D eigenvalue weighted by molar-refractivity contribution is 0.0800. The van der Waals surface area contributed by atoms with Crippen molar-refractivity contribution in [3.63, 3.8) is 0 Å². The summed E-state index contributed by atoms with van der Waals surface area (Å²) in [4.78, 5) is 15.5. The number of fused-ring (bicyclic) bond motifs is 2. The molecule has 4 rings (SSSR count). The molecule has 1 aromatic carbocycles. The van der Waals surface area contributed by atoms with E-state index in [2.05, 4.69) is 35.4 Å². The second kappa shape index (κ2) is 8.84. The van der Waals surface area contributed by atoms with Crippen LogP contribution in [0.2, 0.25) is 0 Å². The number of methoxy groups -OCH3 is 2. The van der Waals surface area contributed by atoms with Crippen molar-refractivity contribution in [2.24, 2.45) is 11.8 Å². The number of aryl methyl sites for hydroxylation is 1. The van der Waals surface area contributed by atoms with E-state index in [0.29, 0.717) is 29.5 Å². The van der Waals surface area contributed by atoms with Crippen LogP contribution in [0.25, 0.3) is 0 Å². The number of allylic oxidation sites excluding steroid dienone is 2. The van der Waals surface area contributed by atoms with Crippen molar-refractivity contribution in [3.05, 3.63) is 53.3 Å². The smallest absolute Gasteiger partial charge is 0.251 e. The van der Waals surface area contributed by atoms with E-state index in [1.165, 1.54) is 12.8 Å². The van der Waals surface area contributed by atoms with E-state index in [1.807, 2.05) is 25.1 Å². The predicted octanol–water partition coefficient (Wildman–Crippen LogP) is 4.08. The minimum Gasteiger partial charge on any atom is -0.497 e. The van der Waals surface area contributed by atoms with Gasteiger partial charge in [-0.2, -0.15) is 0 Å². The van der Waals surface area contributed by atoms with Crippen LogP contribution in [0.1, 0.15) is 48.5 Å². The largest absolute Gasteiger partial charge is 0.497 e. The molecule has 162 valence electrons. The van der Waals surface area contributed by atoms with Gasteiger partial charge in [0.05, 0.1) is 14.2 Å². The second-order valence-electron chi connectivity index (χ2n) is 9.06. The Morgan fingerprint density at radius 2 is 1.90 bits per heavy atom. The van der Waals surface area contributed by atoms with Gasteiger partial charge >= 0.3 is 0 Å². The quantitative estimate of drug-likeness (QED) is 0.768. The number of rotatable bonds is 6. The van der Waals surface area contributed by atoms with Gasteiger partial charge in [-0.25, -0.2) is 0 Å². The Kier molecular flexibility index (Phi) is 6.19. The van der Waals surface area contributed by atoms with Crippen molar-refractivity contribution in [1.82, 2.24) is 10.2 Å². The van der Waals surface area contributed by atoms with Crippen LogP contribution in [0.5, 0.6) is 5.75 Å². The normalized spacial score (nSPS) is 30.7. The van der Waals surface area contributed by atoms with E-state index in [9.17, 15) is 4.79 Å². The van der Waals surface area contributed by atoms with E-state index >= 15 is 0 Å². The van der Waals surface area contributed by atoms with Gasteiger partial charge in [-0.1, -0.05) is 19.1 Å². The van der Waals surface area contributed by atoms with Crippen molar-refractivity contribution in [2.75, 3.05) is 20.8 Å². The highest BCUT2D eigenvalue weighted by Gasteiger charge is 2.42. The Hall–Kier alpha value is -2.27. The number of piperidine rings is 1. The monoisotopic (exact) mass is 410 g/mol. The van der Waals surface area contributed by atoms with Gasteiger partial charge in [0.2, 0.25) is 0 Å². The molecule has 4 unspecified atom stereocenters. The van der Waals surface area contributed by atoms with Gasteiger partial charge in [0.15, 0.2) is 0 Å². The van der Waals surface area contributed by atoms with Crippen molar-refractivity contribution < 1.29 is 14.3 Å². The van der Waals surface area contributed by atoms with Gasteiger partial charge in [-0.15, -0.1) is 0 Å². The van der Waals surface area contributed by atoms with Crippen LogP contribution in [0, 0.1) is 18.8 Å². The molecule has 3 aliphatic rings. The van der Waals surface area contributed by atoms with Crippen LogP contribution < -0.4 is 10.1 Å². The van der Waals surface area contributed by atoms with Crippen LogP contribution >= 0.6 is 0 Å². The number of benzene rings is 1. The lowest BCUT2D eigenvalue weighted by atomic mass is 9.87. The zero-order valence-electron chi connectivity index (χ0n) is 18.6. The molecule has 1 N–H and O–H groups in total. The van der Waals surface area contributed by atoms with Crippen LogP contribution in [-0.4, -0.2) is 49.7 Å². The van der Waals surface area contributed by atoms with Gasteiger partial charge in [0.1, 0.15) is 11.5 Å². The summed E-state index contributed by atoms with van der Waals surface area (Å²) in [7, 11) is 3.38. The molecule has 0 aromatic heterocycles. The maximum atomic E-state index is 12.8. The van der Waals surface area contributed by atoms with Gasteiger partial charge < -0.3 is 14.8 Å². The number of carbonyl (C=O) groups excluding carboxylic acids is 1. The molecule has 1 amide bonds. The molecular weight excluding hydrogens is 376 g/mol. The molecule has 2 saturated heterocycles. The summed E-state index contributed by atoms with van der Waals surface area (Å²) >= 11 is 0. The molecule has 1 aliphatic carbocycles. The molecule has 5 nitrogen and oxygen atoms in total. The number of nitrogens with one attached hydrogen (secondary N) is 1. The molecule has 30 heavy (non-hydrogen) atoms. The molecule has 2 bridgehead atoms. The summed E-state index contributed by atoms with van der Waals surface area (Å²) in [5.74, 6) is 2.75. The van der Waals surface area contributed by atoms with Crippen molar-refractivity contribution >= 4 is 5.91 Å². The topological polar surface area (TPSA) is 50.8 Å². The summed E-state index contributed by atoms with van der Waals surface area (Å²) in [6, 6.07) is 7.05. The van der Waals surface area contributed by atoms with Gasteiger partial charge in [-0.3, -0.25) is 9.69 Å². The first-order valence-electron chi connectivity index (χ1n) is 11.1. The van der Waals surface area contributed by atoms with Crippen molar-refractivity contribution in [1.29, 1.82) is 0 Å². The molecule has 5 heteroatoms. The van der Waals surface area contributed by atoms with Crippen molar-refractivity contribution in [3.8, 4) is 5.75 Å². The molecule has 0 radical (unpaired) electrons. The van der Waals surface area contributed by atoms with Crippen LogP contribution in [0.3, 0.4) is 0 Å². The average molecular weight is 411 g/mol. The standard InChI is InChI=1S/C25H34N2O3/c1-16-5-6-18(12-24(16)30-4)25(28)26-20-13-21-8-9-22(14-20)27(21)15-19-7-10-23(29-3)11-17(19)2/h5-7,10-12,17,19-22H,8-9,13-15H2,1-4H3,(H,26,28). The first-order valence-corrected chi connectivity index (χ1v) is 11.1. The number of hydrogen-bond acceptors (Lipinski definition) is 4. The zero-order valence-corrected chi connectivity index (χ0v) is 18.6. The first kappa shape index (κ1) is 21.0. The molecule has 4 atom stereocenters. The Labute approximate surface area is 180 Å². The Morgan fingerprint density at radius 3 is 2.53 bits per heavy atom. The second-order valence-corrected chi connectivity index (χ2v) is 9.06. The fourth-order valence-electron chi connectivity index (χ4n) is 5.36. The minimum atomic E-state index is 0.00668. The number of nitrogens with zero attached hydrogens (tertiary/aromatic N) is 1. The summed E-state index contributed by atoms with van der Waals surface area (Å²) in [6.45, 7) is 5.36. The highest BCUT2D eigenvalue weighted by atomic mass is 16.5. The fraction of sp³-hybridized carbons (Fsp3) is 0.560. The Balaban J connectivity index is 1.36. The molecule has 2 heterocycles. The molecule has 0 saturated carbocycles. The maximum Gasteiger partial charge on any atom is 0.251 e. The number of ether oxygens (including phenoxy) is 2. The third kappa shape index (κ3) is 4.27. The summed E-state index contributed by atoms with van der Waals surface area (Å²) in [5, 5.41) is 3.29. The van der Waals surface area contributed by atoms with Crippen LogP contribution in [-0.2, 0) is 4.74 Å². The summed E-state index contributed by atoms with van der Waals surface area (Å²) in [5.41, 5.74) is 1.72. The molecule has 2 fully saturated rings. The number of hydrogen-bond donors (Lipinski definition) is 1. The van der Waals surface area contributed by atoms with E-state index in [1.54, 1.807) is 14.2 Å². The van der Waals surface area contributed by atoms with Gasteiger partial charge in [-0.05, 0) is 74.3 Å². The lowest BCUT2D eigenvalue weighted by Gasteiger charge is -2.41. The number of carbonyl (C=O) groups is 1. The molecule has 0 spiro atoms. The van der Waals surface area contributed by atoms with Crippen LogP contribution in [0.15, 0.2) is 42.2 Å². The molecular formula is C25H34N2O3. The lowest BCUT2D eigenvalue weighted by Crippen LogP contribution is -2.51. The molecule has 1 aromatic rings. The zero-order chi connectivity index (χ0) is 21.3. The predicted molar refractivity (Wildman–Crippen MR) is 119 cm³/mol. The minimum absolute atomic E-state index is 0.00668. The van der Waals surface area contributed by atoms with Crippen LogP contribution in [0.4, 0.5) is 0 Å². The highest BCUT2D eigenvalue weighted by Crippen LogP contribution is 2.38. The van der Waals surface area contributed by atoms with E-state index < -0.39 is 0 Å². The van der Waals surface area contributed by atoms with Gasteiger partial charge in [0, 0.05) is 30.2 Å².